The summed E-state index contributed by atoms with van der Waals surface area (Å²) in [5, 5.41) is 0.830. The number of piperazine rings is 1. The summed E-state index contributed by atoms with van der Waals surface area (Å²) in [6.45, 7) is 6.20. The highest BCUT2D eigenvalue weighted by molar-refractivity contribution is 9.10. The minimum absolute atomic E-state index is 0.0449. The van der Waals surface area contributed by atoms with E-state index in [1.54, 1.807) is 6.07 Å². The highest BCUT2D eigenvalue weighted by atomic mass is 79.9. The summed E-state index contributed by atoms with van der Waals surface area (Å²) in [6, 6.07) is 9.02. The number of aromatic amines is 1. The number of hydrogen-bond acceptors (Lipinski definition) is 5. The lowest BCUT2D eigenvalue weighted by Crippen LogP contribution is -2.47. The number of hydrogen-bond donors (Lipinski definition) is 1. The molecule has 9 heteroatoms. The second kappa shape index (κ2) is 7.66. The van der Waals surface area contributed by atoms with Crippen LogP contribution in [0.5, 0.6) is 5.75 Å². The molecule has 174 valence electrons. The first-order chi connectivity index (χ1) is 15.6. The van der Waals surface area contributed by atoms with Crippen LogP contribution in [0.1, 0.15) is 41.0 Å². The Morgan fingerprint density at radius 3 is 2.45 bits per heavy atom. The van der Waals surface area contributed by atoms with E-state index in [1.807, 2.05) is 39.1 Å². The zero-order chi connectivity index (χ0) is 23.7. The average Bonchev–Trinajstić information content (AvgIpc) is 3.17. The molecule has 2 aliphatic rings. The van der Waals surface area contributed by atoms with E-state index in [9.17, 15) is 13.2 Å². The maximum atomic E-state index is 13.8. The highest BCUT2D eigenvalue weighted by Gasteiger charge is 2.42. The lowest BCUT2D eigenvalue weighted by Gasteiger charge is -2.34. The zero-order valence-corrected chi connectivity index (χ0v) is 21.4. The number of fused-ring (bicyclic) bond motifs is 4. The SMILES string of the molecule is COc1cc2c(cc1S(=O)(=O)N1CCN(C)CC1)C(=O)c1c([nH]c3cc(Br)ccc13)C2(C)C. The number of nitrogens with one attached hydrogen (secondary N) is 1. The highest BCUT2D eigenvalue weighted by Crippen LogP contribution is 2.46. The van der Waals surface area contributed by atoms with Crippen LogP contribution in [0.25, 0.3) is 10.9 Å². The van der Waals surface area contributed by atoms with Crippen LogP contribution in [0.3, 0.4) is 0 Å². The monoisotopic (exact) mass is 531 g/mol. The van der Waals surface area contributed by atoms with E-state index < -0.39 is 15.4 Å². The molecule has 0 unspecified atom stereocenters. The Morgan fingerprint density at radius 2 is 1.79 bits per heavy atom. The Morgan fingerprint density at radius 1 is 1.09 bits per heavy atom. The van der Waals surface area contributed by atoms with Gasteiger partial charge in [-0.15, -0.1) is 0 Å². The van der Waals surface area contributed by atoms with Crippen LogP contribution in [0.4, 0.5) is 0 Å². The summed E-state index contributed by atoms with van der Waals surface area (Å²) >= 11 is 3.49. The molecule has 0 spiro atoms. The lowest BCUT2D eigenvalue weighted by atomic mass is 9.71. The van der Waals surface area contributed by atoms with Gasteiger partial charge in [-0.25, -0.2) is 8.42 Å². The third-order valence-electron chi connectivity index (χ3n) is 6.91. The van der Waals surface area contributed by atoms with Crippen molar-refractivity contribution in [3.8, 4) is 5.75 Å². The van der Waals surface area contributed by atoms with E-state index in [-0.39, 0.29) is 16.4 Å². The molecular weight excluding hydrogens is 506 g/mol. The molecule has 0 radical (unpaired) electrons. The molecule has 3 aromatic rings. The first kappa shape index (κ1) is 22.6. The van der Waals surface area contributed by atoms with E-state index in [2.05, 4.69) is 25.8 Å². The number of rotatable bonds is 3. The van der Waals surface area contributed by atoms with E-state index in [4.69, 9.17) is 4.74 Å². The quantitative estimate of drug-likeness (QED) is 0.556. The predicted octanol–water partition coefficient (Wildman–Crippen LogP) is 3.75. The zero-order valence-electron chi connectivity index (χ0n) is 19.0. The molecule has 0 bridgehead atoms. The van der Waals surface area contributed by atoms with Crippen LogP contribution in [0.15, 0.2) is 39.7 Å². The van der Waals surface area contributed by atoms with Crippen LogP contribution in [-0.4, -0.2) is 68.7 Å². The Kier molecular flexibility index (Phi) is 5.24. The Bertz CT molecular complexity index is 1400. The molecule has 33 heavy (non-hydrogen) atoms. The maximum absolute atomic E-state index is 13.8. The third kappa shape index (κ3) is 3.36. The van der Waals surface area contributed by atoms with Crippen LogP contribution in [0, 0.1) is 0 Å². The Labute approximate surface area is 201 Å². The minimum Gasteiger partial charge on any atom is -0.495 e. The standard InChI is InChI=1S/C24H26BrN3O4S/c1-24(2)17-13-19(32-4)20(33(30,31)28-9-7-27(3)8-10-28)12-16(17)22(29)21-15-6-5-14(25)11-18(15)26-23(21)24/h5-6,11-13,26H,7-10H2,1-4H3. The van der Waals surface area contributed by atoms with Crippen molar-refractivity contribution in [2.24, 2.45) is 0 Å². The summed E-state index contributed by atoms with van der Waals surface area (Å²) in [5.41, 5.74) is 2.89. The van der Waals surface area contributed by atoms with Crippen molar-refractivity contribution < 1.29 is 17.9 Å². The van der Waals surface area contributed by atoms with E-state index >= 15 is 0 Å². The molecule has 0 amide bonds. The fraction of sp³-hybridized carbons (Fsp3) is 0.375. The average molecular weight is 532 g/mol. The van der Waals surface area contributed by atoms with Crippen molar-refractivity contribution in [3.05, 3.63) is 57.2 Å². The molecule has 1 N–H and O–H groups in total. The summed E-state index contributed by atoms with van der Waals surface area (Å²) < 4.78 is 35.1. The van der Waals surface area contributed by atoms with Gasteiger partial charge < -0.3 is 14.6 Å². The van der Waals surface area contributed by atoms with Crippen molar-refractivity contribution in [1.82, 2.24) is 14.2 Å². The molecule has 0 atom stereocenters. The first-order valence-corrected chi connectivity index (χ1v) is 13.1. The van der Waals surface area contributed by atoms with Gasteiger partial charge in [-0.05, 0) is 36.9 Å². The predicted molar refractivity (Wildman–Crippen MR) is 131 cm³/mol. The van der Waals surface area contributed by atoms with Gasteiger partial charge in [-0.1, -0.05) is 35.8 Å². The normalized spacial score (nSPS) is 18.9. The van der Waals surface area contributed by atoms with Gasteiger partial charge in [0.1, 0.15) is 10.6 Å². The molecule has 1 aliphatic heterocycles. The topological polar surface area (TPSA) is 82.7 Å². The van der Waals surface area contributed by atoms with Gasteiger partial charge in [0, 0.05) is 58.2 Å². The van der Waals surface area contributed by atoms with Gasteiger partial charge in [-0.2, -0.15) is 4.31 Å². The molecule has 2 aromatic carbocycles. The minimum atomic E-state index is -3.82. The van der Waals surface area contributed by atoms with Gasteiger partial charge in [0.05, 0.1) is 12.7 Å². The van der Waals surface area contributed by atoms with Crippen LogP contribution in [-0.2, 0) is 15.4 Å². The lowest BCUT2D eigenvalue weighted by molar-refractivity contribution is 0.103. The van der Waals surface area contributed by atoms with Crippen molar-refractivity contribution in [3.63, 3.8) is 0 Å². The maximum Gasteiger partial charge on any atom is 0.246 e. The Balaban J connectivity index is 1.71. The van der Waals surface area contributed by atoms with Crippen LogP contribution >= 0.6 is 15.9 Å². The van der Waals surface area contributed by atoms with E-state index in [0.717, 1.165) is 26.6 Å². The third-order valence-corrected chi connectivity index (χ3v) is 9.33. The number of nitrogens with zero attached hydrogens (tertiary/aromatic N) is 2. The molecule has 2 heterocycles. The van der Waals surface area contributed by atoms with Crippen LogP contribution < -0.4 is 4.74 Å². The number of aromatic nitrogens is 1. The number of methoxy groups -OCH3 is 1. The van der Waals surface area contributed by atoms with Crippen molar-refractivity contribution in [2.45, 2.75) is 24.2 Å². The molecule has 1 saturated heterocycles. The molecule has 1 aliphatic carbocycles. The molecule has 1 aromatic heterocycles. The molecule has 7 nitrogen and oxygen atoms in total. The van der Waals surface area contributed by atoms with Crippen molar-refractivity contribution >= 4 is 42.6 Å². The summed E-state index contributed by atoms with van der Waals surface area (Å²) in [4.78, 5) is 19.3. The number of ether oxygens (including phenoxy) is 1. The van der Waals surface area contributed by atoms with Crippen molar-refractivity contribution in [2.75, 3.05) is 40.3 Å². The second-order valence-corrected chi connectivity index (χ2v) is 12.1. The number of sulfonamides is 1. The number of halogens is 1. The second-order valence-electron chi connectivity index (χ2n) is 9.28. The Hall–Kier alpha value is -2.20. The largest absolute Gasteiger partial charge is 0.495 e. The molecule has 1 fully saturated rings. The number of likely N-dealkylation sites (N-methyl/N-ethyl adjacent to an activating group) is 1. The first-order valence-electron chi connectivity index (χ1n) is 10.8. The van der Waals surface area contributed by atoms with Crippen LogP contribution in [0.2, 0.25) is 0 Å². The molecule has 5 rings (SSSR count). The number of H-pyrrole nitrogens is 1. The number of benzene rings is 2. The van der Waals surface area contributed by atoms with Gasteiger partial charge in [0.2, 0.25) is 10.0 Å². The molecular formula is C24H26BrN3O4S. The van der Waals surface area contributed by atoms with Crippen molar-refractivity contribution in [1.29, 1.82) is 0 Å². The fourth-order valence-corrected chi connectivity index (χ4v) is 6.88. The number of carbonyl (C=O) groups excluding carboxylic acids is 1. The number of ketones is 1. The van der Waals surface area contributed by atoms with Gasteiger partial charge >= 0.3 is 0 Å². The fourth-order valence-electron chi connectivity index (χ4n) is 4.94. The summed E-state index contributed by atoms with van der Waals surface area (Å²) in [5.74, 6) is 0.0845. The van der Waals surface area contributed by atoms with Gasteiger partial charge in [0.15, 0.2) is 5.78 Å². The smallest absolute Gasteiger partial charge is 0.246 e. The molecule has 0 saturated carbocycles. The van der Waals surface area contributed by atoms with Gasteiger partial charge in [-0.3, -0.25) is 4.79 Å². The van der Waals surface area contributed by atoms with E-state index in [1.165, 1.54) is 17.5 Å². The summed E-state index contributed by atoms with van der Waals surface area (Å²) in [7, 11) is -0.379. The van der Waals surface area contributed by atoms with Gasteiger partial charge in [0.25, 0.3) is 0 Å². The summed E-state index contributed by atoms with van der Waals surface area (Å²) in [6.07, 6.45) is 0. The van der Waals surface area contributed by atoms with E-state index in [0.29, 0.717) is 37.3 Å². The number of carbonyl (C=O) groups is 1.